The van der Waals surface area contributed by atoms with Gasteiger partial charge in [-0.15, -0.1) is 0 Å². The maximum Gasteiger partial charge on any atom is 0.397 e. The number of carbonyl (C=O) groups excluding carboxylic acids is 1. The predicted octanol–water partition coefficient (Wildman–Crippen LogP) is 0.862. The molecule has 1 N–H and O–H groups in total. The highest BCUT2D eigenvalue weighted by Crippen LogP contribution is 2.07. The fourth-order valence-electron chi connectivity index (χ4n) is 1.81. The molecule has 7 nitrogen and oxygen atoms in total. The summed E-state index contributed by atoms with van der Waals surface area (Å²) in [6.45, 7) is 10.2. The van der Waals surface area contributed by atoms with E-state index in [-0.39, 0.29) is 25.1 Å². The third kappa shape index (κ3) is 7.78. The Hall–Kier alpha value is -0.700. The van der Waals surface area contributed by atoms with Crippen molar-refractivity contribution in [2.75, 3.05) is 39.4 Å². The van der Waals surface area contributed by atoms with Crippen LogP contribution in [0.2, 0.25) is 0 Å². The van der Waals surface area contributed by atoms with E-state index < -0.39 is 10.4 Å². The number of quaternary nitrogens is 1. The molecule has 0 radical (unpaired) electrons. The van der Waals surface area contributed by atoms with E-state index in [1.165, 1.54) is 0 Å². The molecule has 0 aromatic heterocycles. The van der Waals surface area contributed by atoms with Crippen molar-refractivity contribution in [2.24, 2.45) is 5.92 Å². The molecule has 0 fully saturated rings. The number of hydrogen-bond acceptors (Lipinski definition) is 5. The van der Waals surface area contributed by atoms with Gasteiger partial charge in [-0.25, -0.2) is 4.18 Å². The first-order valence-electron chi connectivity index (χ1n) is 6.79. The lowest BCUT2D eigenvalue weighted by molar-refractivity contribution is -0.925. The Kier molecular flexibility index (Phi) is 8.26. The Bertz CT molecular complexity index is 389. The van der Waals surface area contributed by atoms with Crippen LogP contribution in [0.4, 0.5) is 0 Å². The van der Waals surface area contributed by atoms with Gasteiger partial charge in [0.15, 0.2) is 0 Å². The highest BCUT2D eigenvalue weighted by Gasteiger charge is 2.24. The Morgan fingerprint density at radius 2 is 1.65 bits per heavy atom. The third-order valence-corrected chi connectivity index (χ3v) is 3.89. The summed E-state index contributed by atoms with van der Waals surface area (Å²) < 4.78 is 39.7. The SMILES string of the molecule is CC[N+](CC)(CCOC(=O)C(C)C)CCOS(=O)(=O)O. The van der Waals surface area contributed by atoms with Gasteiger partial charge in [0, 0.05) is 0 Å². The van der Waals surface area contributed by atoms with Crippen molar-refractivity contribution < 1.29 is 31.2 Å². The van der Waals surface area contributed by atoms with Gasteiger partial charge in [0.25, 0.3) is 0 Å². The number of rotatable bonds is 10. The molecule has 20 heavy (non-hydrogen) atoms. The Morgan fingerprint density at radius 3 is 2.05 bits per heavy atom. The first kappa shape index (κ1) is 19.3. The van der Waals surface area contributed by atoms with E-state index in [9.17, 15) is 13.2 Å². The highest BCUT2D eigenvalue weighted by molar-refractivity contribution is 7.80. The van der Waals surface area contributed by atoms with Gasteiger partial charge in [0.2, 0.25) is 0 Å². The summed E-state index contributed by atoms with van der Waals surface area (Å²) in [6, 6.07) is 0. The monoisotopic (exact) mass is 312 g/mol. The molecule has 120 valence electrons. The predicted molar refractivity (Wildman–Crippen MR) is 74.4 cm³/mol. The minimum Gasteiger partial charge on any atom is -0.459 e. The van der Waals surface area contributed by atoms with Crippen molar-refractivity contribution in [1.82, 2.24) is 0 Å². The topological polar surface area (TPSA) is 89.9 Å². The molecule has 0 aromatic carbocycles. The van der Waals surface area contributed by atoms with Crippen LogP contribution >= 0.6 is 0 Å². The molecule has 0 bridgehead atoms. The zero-order chi connectivity index (χ0) is 15.8. The molecule has 0 saturated carbocycles. The van der Waals surface area contributed by atoms with Gasteiger partial charge in [-0.2, -0.15) is 8.42 Å². The van der Waals surface area contributed by atoms with Gasteiger partial charge in [-0.05, 0) is 13.8 Å². The molecule has 0 unspecified atom stereocenters. The van der Waals surface area contributed by atoms with Gasteiger partial charge in [0.05, 0.1) is 19.0 Å². The van der Waals surface area contributed by atoms with E-state index in [0.29, 0.717) is 17.6 Å². The maximum absolute atomic E-state index is 11.4. The molecular weight excluding hydrogens is 286 g/mol. The van der Waals surface area contributed by atoms with Crippen LogP contribution in [0.5, 0.6) is 0 Å². The normalized spacial score (nSPS) is 12.7. The molecule has 0 atom stereocenters. The fraction of sp³-hybridized carbons (Fsp3) is 0.917. The number of esters is 1. The zero-order valence-electron chi connectivity index (χ0n) is 12.7. The van der Waals surface area contributed by atoms with Crippen LogP contribution < -0.4 is 0 Å². The van der Waals surface area contributed by atoms with Crippen LogP contribution in [-0.2, 0) is 24.1 Å². The highest BCUT2D eigenvalue weighted by atomic mass is 32.3. The van der Waals surface area contributed by atoms with Crippen molar-refractivity contribution >= 4 is 16.4 Å². The second kappa shape index (κ2) is 8.56. The van der Waals surface area contributed by atoms with Gasteiger partial charge in [-0.3, -0.25) is 9.35 Å². The number of ether oxygens (including phenoxy) is 1. The van der Waals surface area contributed by atoms with E-state index >= 15 is 0 Å². The largest absolute Gasteiger partial charge is 0.459 e. The second-order valence-electron chi connectivity index (χ2n) is 4.99. The molecule has 0 spiro atoms. The van der Waals surface area contributed by atoms with Crippen LogP contribution in [0, 0.1) is 5.92 Å². The lowest BCUT2D eigenvalue weighted by Gasteiger charge is -2.36. The maximum atomic E-state index is 11.4. The Morgan fingerprint density at radius 1 is 1.15 bits per heavy atom. The summed E-state index contributed by atoms with van der Waals surface area (Å²) in [5, 5.41) is 0. The Balaban J connectivity index is 4.34. The van der Waals surface area contributed by atoms with Crippen molar-refractivity contribution in [2.45, 2.75) is 27.7 Å². The van der Waals surface area contributed by atoms with Gasteiger partial charge < -0.3 is 9.22 Å². The van der Waals surface area contributed by atoms with E-state index in [1.807, 2.05) is 13.8 Å². The van der Waals surface area contributed by atoms with E-state index in [4.69, 9.17) is 9.29 Å². The molecule has 0 amide bonds. The summed E-state index contributed by atoms with van der Waals surface area (Å²) in [5.41, 5.74) is 0. The minimum atomic E-state index is -4.40. The number of carbonyl (C=O) groups is 1. The molecule has 0 aliphatic rings. The third-order valence-electron chi connectivity index (χ3n) is 3.42. The van der Waals surface area contributed by atoms with Crippen molar-refractivity contribution in [3.05, 3.63) is 0 Å². The smallest absolute Gasteiger partial charge is 0.397 e. The number of nitrogens with zero attached hydrogens (tertiary/aromatic N) is 1. The molecule has 0 rings (SSSR count). The van der Waals surface area contributed by atoms with Crippen LogP contribution in [0.15, 0.2) is 0 Å². The summed E-state index contributed by atoms with van der Waals surface area (Å²) >= 11 is 0. The molecular formula is C12H26NO6S+. The lowest BCUT2D eigenvalue weighted by atomic mass is 10.2. The molecule has 0 saturated heterocycles. The van der Waals surface area contributed by atoms with E-state index in [2.05, 4.69) is 4.18 Å². The number of hydrogen-bond donors (Lipinski definition) is 1. The van der Waals surface area contributed by atoms with Gasteiger partial charge >= 0.3 is 16.4 Å². The van der Waals surface area contributed by atoms with Crippen molar-refractivity contribution in [3.63, 3.8) is 0 Å². The van der Waals surface area contributed by atoms with E-state index in [0.717, 1.165) is 13.1 Å². The molecule has 0 heterocycles. The van der Waals surface area contributed by atoms with Crippen molar-refractivity contribution in [3.8, 4) is 0 Å². The second-order valence-corrected chi connectivity index (χ2v) is 6.08. The molecule has 0 aliphatic carbocycles. The first-order valence-corrected chi connectivity index (χ1v) is 8.16. The molecule has 0 aromatic rings. The van der Waals surface area contributed by atoms with Crippen LogP contribution in [0.1, 0.15) is 27.7 Å². The zero-order valence-corrected chi connectivity index (χ0v) is 13.5. The van der Waals surface area contributed by atoms with Crippen LogP contribution in [-0.4, -0.2) is 62.8 Å². The molecule has 0 aliphatic heterocycles. The summed E-state index contributed by atoms with van der Waals surface area (Å²) in [4.78, 5) is 11.4. The molecule has 8 heteroatoms. The summed E-state index contributed by atoms with van der Waals surface area (Å²) in [7, 11) is -4.40. The quantitative estimate of drug-likeness (QED) is 0.365. The lowest BCUT2D eigenvalue weighted by Crippen LogP contribution is -2.52. The number of likely N-dealkylation sites (N-methyl/N-ethyl adjacent to an activating group) is 1. The van der Waals surface area contributed by atoms with Crippen molar-refractivity contribution in [1.29, 1.82) is 0 Å². The van der Waals surface area contributed by atoms with Crippen LogP contribution in [0.3, 0.4) is 0 Å². The standard InChI is InChI=1S/C12H25NO6S/c1-5-13(6-2,8-10-19-20(15,16)17)7-9-18-12(14)11(3)4/h11H,5-10H2,1-4H3/p+1. The van der Waals surface area contributed by atoms with Crippen LogP contribution in [0.25, 0.3) is 0 Å². The fourth-order valence-corrected chi connectivity index (χ4v) is 2.10. The van der Waals surface area contributed by atoms with Gasteiger partial charge in [0.1, 0.15) is 26.3 Å². The first-order chi connectivity index (χ1) is 9.16. The van der Waals surface area contributed by atoms with Gasteiger partial charge in [-0.1, -0.05) is 13.8 Å². The summed E-state index contributed by atoms with van der Waals surface area (Å²) in [6.07, 6.45) is 0. The minimum absolute atomic E-state index is 0.0986. The average Bonchev–Trinajstić information content (AvgIpc) is 2.35. The van der Waals surface area contributed by atoms with E-state index in [1.54, 1.807) is 13.8 Å². The average molecular weight is 312 g/mol. The summed E-state index contributed by atoms with van der Waals surface area (Å²) in [5.74, 6) is -0.410. The Labute approximate surface area is 121 Å².